The van der Waals surface area contributed by atoms with Crippen LogP contribution in [-0.4, -0.2) is 9.36 Å². The fraction of sp³-hybridized carbons (Fsp3) is 0.158. The Morgan fingerprint density at radius 3 is 1.52 bits per heavy atom. The van der Waals surface area contributed by atoms with Crippen molar-refractivity contribution in [2.45, 2.75) is 13.8 Å². The van der Waals surface area contributed by atoms with Crippen LogP contribution in [0.1, 0.15) is 19.4 Å². The molecule has 0 bridgehead atoms. The summed E-state index contributed by atoms with van der Waals surface area (Å²) in [5, 5.41) is 4.35. The third kappa shape index (κ3) is 12.9. The van der Waals surface area contributed by atoms with Gasteiger partial charge in [-0.05, 0) is 24.3 Å². The molecule has 0 aliphatic rings. The van der Waals surface area contributed by atoms with E-state index >= 15 is 0 Å². The van der Waals surface area contributed by atoms with Gasteiger partial charge in [-0.15, -0.1) is 41.4 Å². The Kier molecular flexibility index (Phi) is 22.7. The molecule has 2 aromatic heterocycles. The van der Waals surface area contributed by atoms with Crippen LogP contribution in [0.25, 0.3) is 40.5 Å². The van der Waals surface area contributed by atoms with Crippen molar-refractivity contribution in [2.24, 2.45) is 28.2 Å². The van der Waals surface area contributed by atoms with Crippen molar-refractivity contribution in [1.29, 1.82) is 0 Å². The number of para-hydroxylation sites is 2. The van der Waals surface area contributed by atoms with Crippen LogP contribution in [0.3, 0.4) is 0 Å². The first-order valence-electron chi connectivity index (χ1n) is 13.2. The maximum Gasteiger partial charge on any atom is 3.00 e. The van der Waals surface area contributed by atoms with Gasteiger partial charge in [0.1, 0.15) is 11.0 Å². The average molecular weight is 735 g/mol. The Balaban J connectivity index is 0. The molecule has 4 nitrogen and oxygen atoms in total. The second-order valence-electron chi connectivity index (χ2n) is 9.16. The van der Waals surface area contributed by atoms with Crippen molar-refractivity contribution in [3.63, 3.8) is 0 Å². The van der Waals surface area contributed by atoms with E-state index in [1.165, 1.54) is 21.8 Å². The molecule has 4 aromatic carbocycles. The largest absolute Gasteiger partial charge is 3.00 e. The summed E-state index contributed by atoms with van der Waals surface area (Å²) in [5.41, 5.74) is 3.63. The van der Waals surface area contributed by atoms with Crippen molar-refractivity contribution in [3.8, 4) is 0 Å². The predicted octanol–water partition coefficient (Wildman–Crippen LogP) is 5.88. The zero-order valence-corrected chi connectivity index (χ0v) is 33.2. The van der Waals surface area contributed by atoms with Crippen molar-refractivity contribution in [3.05, 3.63) is 152 Å². The molecule has 0 spiro atoms. The fourth-order valence-corrected chi connectivity index (χ4v) is 4.08. The van der Waals surface area contributed by atoms with E-state index in [1.54, 1.807) is 0 Å². The second kappa shape index (κ2) is 22.9. The molecule has 44 heavy (non-hydrogen) atoms. The van der Waals surface area contributed by atoms with Gasteiger partial charge in [0.15, 0.2) is 14.1 Å². The zero-order chi connectivity index (χ0) is 28.9. The number of aryl methyl sites for hydroxylation is 4. The molecule has 0 saturated carbocycles. The molecular formula is C38H44N4Y2+2. The fourth-order valence-electron chi connectivity index (χ4n) is 4.08. The van der Waals surface area contributed by atoms with Crippen LogP contribution in [0.5, 0.6) is 0 Å². The molecule has 0 amide bonds. The number of allylic oxidation sites excluding steroid dienone is 1. The number of hydrogen-bond donors (Lipinski definition) is 0. The molecule has 0 atom stereocenters. The van der Waals surface area contributed by atoms with Crippen LogP contribution in [-0.2, 0) is 93.6 Å². The third-order valence-corrected chi connectivity index (χ3v) is 6.43. The summed E-state index contributed by atoms with van der Waals surface area (Å²) in [6.07, 6.45) is 12.0. The molecule has 2 heterocycles. The molecule has 6 aromatic rings. The van der Waals surface area contributed by atoms with E-state index < -0.39 is 0 Å². The van der Waals surface area contributed by atoms with Crippen molar-refractivity contribution in [2.75, 3.05) is 0 Å². The minimum absolute atomic E-state index is 0. The van der Waals surface area contributed by atoms with E-state index in [0.29, 0.717) is 0 Å². The van der Waals surface area contributed by atoms with E-state index in [4.69, 9.17) is 6.58 Å². The maximum absolute atomic E-state index is 5.57. The quantitative estimate of drug-likeness (QED) is 0.149. The van der Waals surface area contributed by atoms with E-state index in [1.807, 2.05) is 82.5 Å². The molecule has 6 rings (SSSR count). The molecule has 220 valence electrons. The van der Waals surface area contributed by atoms with Gasteiger partial charge in [-0.1, -0.05) is 24.3 Å². The van der Waals surface area contributed by atoms with E-state index in [9.17, 15) is 0 Å². The minimum atomic E-state index is 0. The molecule has 6 heteroatoms. The zero-order valence-electron chi connectivity index (χ0n) is 27.5. The minimum Gasteiger partial charge on any atom is -0.358 e. The van der Waals surface area contributed by atoms with Gasteiger partial charge in [0.25, 0.3) is 0 Å². The summed E-state index contributed by atoms with van der Waals surface area (Å²) in [4.78, 5) is 0. The molecule has 0 aliphatic heterocycles. The topological polar surface area (TPSA) is 17.6 Å². The first-order chi connectivity index (χ1) is 19.3. The predicted molar refractivity (Wildman–Crippen MR) is 179 cm³/mol. The van der Waals surface area contributed by atoms with Crippen LogP contribution < -0.4 is 19.8 Å². The van der Waals surface area contributed by atoms with E-state index in [0.717, 1.165) is 16.0 Å². The molecule has 0 saturated heterocycles. The standard InChI is InChI=1S/2C9H11N2.2C9H8.2CH3.2Y/c2*1-10-7-8-5-3-4-6-9(8)11(10)2;1-3-9-7-5-4-6-8(9)2;1-2-6-9-7-4-3-5-8-9;;;;/h2*3-7H,1-2H3;2,4-7H,1H3;3-7H,1H3;2*1H3;;/q2*+1;2*-2;2*-1;2*+3. The van der Waals surface area contributed by atoms with Crippen LogP contribution in [0.4, 0.5) is 0 Å². The summed E-state index contributed by atoms with van der Waals surface area (Å²) in [7, 11) is 8.20. The number of hydrogen-bond acceptors (Lipinski definition) is 0. The maximum atomic E-state index is 5.57. The van der Waals surface area contributed by atoms with Crippen LogP contribution in [0.2, 0.25) is 0 Å². The van der Waals surface area contributed by atoms with Gasteiger partial charge in [-0.2, -0.15) is 21.5 Å². The van der Waals surface area contributed by atoms with Crippen LogP contribution in [0.15, 0.2) is 109 Å². The molecule has 0 N–H and O–H groups in total. The molecule has 0 fully saturated rings. The third-order valence-electron chi connectivity index (χ3n) is 6.43. The Morgan fingerprint density at radius 1 is 0.682 bits per heavy atom. The number of fused-ring (bicyclic) bond motifs is 2. The smallest absolute Gasteiger partial charge is 0.358 e. The number of aromatic nitrogens is 4. The normalized spacial score (nSPS) is 9.91. The number of benzene rings is 4. The van der Waals surface area contributed by atoms with Crippen molar-refractivity contribution in [1.82, 2.24) is 9.36 Å². The Labute approximate surface area is 316 Å². The summed E-state index contributed by atoms with van der Waals surface area (Å²) in [6, 6.07) is 35.3. The first-order valence-corrected chi connectivity index (χ1v) is 13.2. The van der Waals surface area contributed by atoms with Gasteiger partial charge in [0.2, 0.25) is 12.4 Å². The Bertz CT molecular complexity index is 1710. The van der Waals surface area contributed by atoms with Crippen molar-refractivity contribution < 1.29 is 74.8 Å². The van der Waals surface area contributed by atoms with Crippen LogP contribution >= 0.6 is 0 Å². The van der Waals surface area contributed by atoms with Crippen molar-refractivity contribution >= 4 is 40.5 Å². The molecule has 0 unspecified atom stereocenters. The summed E-state index contributed by atoms with van der Waals surface area (Å²) in [5.74, 6) is 0. The van der Waals surface area contributed by atoms with E-state index in [-0.39, 0.29) is 80.3 Å². The Hall–Kier alpha value is -2.49. The van der Waals surface area contributed by atoms with Gasteiger partial charge < -0.3 is 43.0 Å². The second-order valence-corrected chi connectivity index (χ2v) is 9.16. The molecular weight excluding hydrogens is 690 g/mol. The average Bonchev–Trinajstić information content (AvgIpc) is 3.44. The van der Waals surface area contributed by atoms with Gasteiger partial charge >= 0.3 is 65.4 Å². The molecule has 0 radical (unpaired) electrons. The van der Waals surface area contributed by atoms with Gasteiger partial charge in [0, 0.05) is 0 Å². The summed E-state index contributed by atoms with van der Waals surface area (Å²) >= 11 is 0. The number of nitrogens with zero attached hydrogens (tertiary/aromatic N) is 4. The molecule has 0 aliphatic carbocycles. The number of rotatable bonds is 1. The first kappa shape index (κ1) is 43.6. The summed E-state index contributed by atoms with van der Waals surface area (Å²) in [6.45, 7) is 9.30. The summed E-state index contributed by atoms with van der Waals surface area (Å²) < 4.78 is 8.39. The van der Waals surface area contributed by atoms with Gasteiger partial charge in [-0.3, -0.25) is 12.7 Å². The van der Waals surface area contributed by atoms with E-state index in [2.05, 4.69) is 112 Å². The SMILES string of the molecule is C[C-]=Cc1[c-]cccc1.Cn1c2ccccc2c[n+]1C.Cn1c2ccccc2c[n+]1C.[CH-]=c1ccccc1=[C-]C.[CH3-].[CH3-].[Y+3].[Y+3]. The Morgan fingerprint density at radius 2 is 1.14 bits per heavy atom. The van der Waals surface area contributed by atoms with Gasteiger partial charge in [0.05, 0.1) is 24.9 Å². The monoisotopic (exact) mass is 734 g/mol. The van der Waals surface area contributed by atoms with Gasteiger partial charge in [-0.25, -0.2) is 24.3 Å². The van der Waals surface area contributed by atoms with Crippen LogP contribution in [0, 0.1) is 27.0 Å².